The van der Waals surface area contributed by atoms with Gasteiger partial charge in [0.05, 0.1) is 19.2 Å². The molecule has 4 nitrogen and oxygen atoms in total. The lowest BCUT2D eigenvalue weighted by Gasteiger charge is -2.34. The van der Waals surface area contributed by atoms with Crippen LogP contribution in [0.2, 0.25) is 0 Å². The van der Waals surface area contributed by atoms with E-state index in [1.165, 1.54) is 23.3 Å². The number of nitrogens with one attached hydrogen (secondary N) is 1. The van der Waals surface area contributed by atoms with Gasteiger partial charge < -0.3 is 19.8 Å². The van der Waals surface area contributed by atoms with Gasteiger partial charge in [-0.25, -0.2) is 0 Å². The fourth-order valence-electron chi connectivity index (χ4n) is 4.37. The zero-order valence-corrected chi connectivity index (χ0v) is 16.9. The maximum absolute atomic E-state index is 10.7. The van der Waals surface area contributed by atoms with Crippen molar-refractivity contribution in [2.75, 3.05) is 26.3 Å². The summed E-state index contributed by atoms with van der Waals surface area (Å²) in [5.41, 5.74) is 3.44. The summed E-state index contributed by atoms with van der Waals surface area (Å²) in [6.45, 7) is 4.39. The molecule has 3 N–H and O–H groups in total. The van der Waals surface area contributed by atoms with Crippen molar-refractivity contribution in [1.29, 1.82) is 0 Å². The van der Waals surface area contributed by atoms with Crippen molar-refractivity contribution in [3.05, 3.63) is 71.3 Å². The Balaban J connectivity index is 1.65. The molecule has 3 rings (SSSR count). The highest BCUT2D eigenvalue weighted by molar-refractivity contribution is 5.35. The van der Waals surface area contributed by atoms with Crippen LogP contribution in [0.4, 0.5) is 0 Å². The van der Waals surface area contributed by atoms with E-state index in [0.29, 0.717) is 19.2 Å². The van der Waals surface area contributed by atoms with Crippen LogP contribution in [0.15, 0.2) is 54.6 Å². The quantitative estimate of drug-likeness (QED) is 0.622. The van der Waals surface area contributed by atoms with Crippen LogP contribution in [-0.2, 0) is 4.74 Å². The van der Waals surface area contributed by atoms with Gasteiger partial charge >= 0.3 is 0 Å². The van der Waals surface area contributed by atoms with Crippen LogP contribution in [0.25, 0.3) is 0 Å². The monoisotopic (exact) mass is 384 g/mol. The number of rotatable bonds is 9. The summed E-state index contributed by atoms with van der Waals surface area (Å²) in [5.74, 6) is 0. The van der Waals surface area contributed by atoms with Gasteiger partial charge in [0, 0.05) is 13.0 Å². The number of aryl methyl sites for hydroxylation is 1. The Morgan fingerprint density at radius 1 is 1.07 bits per heavy atom. The minimum atomic E-state index is -0.510. The number of benzene rings is 2. The van der Waals surface area contributed by atoms with Crippen molar-refractivity contribution in [1.82, 2.24) is 0 Å². The predicted molar refractivity (Wildman–Crippen MR) is 111 cm³/mol. The molecule has 1 aliphatic rings. The van der Waals surface area contributed by atoms with Gasteiger partial charge in [-0.05, 0) is 42.9 Å². The number of hydrogen-bond donors (Lipinski definition) is 3. The van der Waals surface area contributed by atoms with Gasteiger partial charge in [0.25, 0.3) is 0 Å². The third-order valence-corrected chi connectivity index (χ3v) is 5.88. The van der Waals surface area contributed by atoms with E-state index in [-0.39, 0.29) is 12.7 Å². The normalized spacial score (nSPS) is 22.0. The number of aliphatic hydroxyl groups excluding tert-OH is 2. The van der Waals surface area contributed by atoms with E-state index in [2.05, 4.69) is 31.2 Å². The second kappa shape index (κ2) is 10.7. The highest BCUT2D eigenvalue weighted by Gasteiger charge is 2.28. The first-order valence-electron chi connectivity index (χ1n) is 10.5. The number of quaternary nitrogens is 1. The Labute approximate surface area is 168 Å². The average Bonchev–Trinajstić information content (AvgIpc) is 2.72. The number of hydrogen-bond acceptors (Lipinski definition) is 3. The third kappa shape index (κ3) is 5.65. The Bertz CT molecular complexity index is 704. The van der Waals surface area contributed by atoms with E-state index in [0.717, 1.165) is 30.5 Å². The molecular weight excluding hydrogens is 350 g/mol. The van der Waals surface area contributed by atoms with Gasteiger partial charge in [-0.15, -0.1) is 0 Å². The lowest BCUT2D eigenvalue weighted by atomic mass is 9.97. The first kappa shape index (κ1) is 21.0. The van der Waals surface area contributed by atoms with E-state index in [4.69, 9.17) is 4.74 Å². The van der Waals surface area contributed by atoms with E-state index in [1.54, 1.807) is 0 Å². The summed E-state index contributed by atoms with van der Waals surface area (Å²) in [7, 11) is 0. The van der Waals surface area contributed by atoms with Crippen molar-refractivity contribution >= 4 is 0 Å². The lowest BCUT2D eigenvalue weighted by molar-refractivity contribution is -0.934. The Kier molecular flexibility index (Phi) is 8.04. The van der Waals surface area contributed by atoms with Crippen molar-refractivity contribution in [2.45, 2.75) is 50.9 Å². The number of likely N-dealkylation sites (tertiary alicyclic amines) is 1. The lowest BCUT2D eigenvalue weighted by Crippen LogP contribution is -3.17. The molecule has 4 heteroatoms. The van der Waals surface area contributed by atoms with Crippen molar-refractivity contribution in [3.8, 4) is 0 Å². The van der Waals surface area contributed by atoms with Crippen LogP contribution in [0, 0.1) is 6.92 Å². The molecule has 4 atom stereocenters. The summed E-state index contributed by atoms with van der Waals surface area (Å²) < 4.78 is 6.28. The van der Waals surface area contributed by atoms with Gasteiger partial charge in [0.1, 0.15) is 18.8 Å². The molecule has 1 saturated heterocycles. The van der Waals surface area contributed by atoms with E-state index >= 15 is 0 Å². The molecule has 0 spiro atoms. The zero-order valence-electron chi connectivity index (χ0n) is 16.9. The molecule has 0 amide bonds. The van der Waals surface area contributed by atoms with Gasteiger partial charge in [0.15, 0.2) is 0 Å². The summed E-state index contributed by atoms with van der Waals surface area (Å²) in [5, 5.41) is 20.0. The van der Waals surface area contributed by atoms with Crippen LogP contribution in [0.5, 0.6) is 0 Å². The summed E-state index contributed by atoms with van der Waals surface area (Å²) in [4.78, 5) is 1.41. The first-order chi connectivity index (χ1) is 13.7. The van der Waals surface area contributed by atoms with Crippen molar-refractivity contribution in [2.24, 2.45) is 0 Å². The molecule has 1 heterocycles. The van der Waals surface area contributed by atoms with Crippen molar-refractivity contribution < 1.29 is 19.8 Å². The largest absolute Gasteiger partial charge is 0.396 e. The summed E-state index contributed by atoms with van der Waals surface area (Å²) in [6, 6.07) is 19.0. The number of piperidine rings is 1. The van der Waals surface area contributed by atoms with Crippen LogP contribution in [0.1, 0.15) is 48.5 Å². The van der Waals surface area contributed by atoms with Gasteiger partial charge in [-0.1, -0.05) is 54.6 Å². The van der Waals surface area contributed by atoms with Crippen LogP contribution in [0.3, 0.4) is 0 Å². The van der Waals surface area contributed by atoms with Gasteiger partial charge in [-0.2, -0.15) is 0 Å². The van der Waals surface area contributed by atoms with Crippen LogP contribution < -0.4 is 4.90 Å². The highest BCUT2D eigenvalue weighted by Crippen LogP contribution is 2.28. The number of aliphatic hydroxyl groups is 2. The molecule has 1 unspecified atom stereocenters. The SMILES string of the molecule is Cc1ccccc1[C@@H](OC[C@H](O)C[NH+]1CCCC[C@@H]1CCO)c1ccccc1. The maximum atomic E-state index is 10.7. The van der Waals surface area contributed by atoms with Gasteiger partial charge in [-0.3, -0.25) is 0 Å². The Morgan fingerprint density at radius 3 is 2.57 bits per heavy atom. The van der Waals surface area contributed by atoms with Gasteiger partial charge in [0.2, 0.25) is 0 Å². The smallest absolute Gasteiger partial charge is 0.126 e. The topological polar surface area (TPSA) is 54.1 Å². The number of ether oxygens (including phenoxy) is 1. The Hall–Kier alpha value is -1.72. The Morgan fingerprint density at radius 2 is 1.82 bits per heavy atom. The maximum Gasteiger partial charge on any atom is 0.126 e. The molecule has 0 bridgehead atoms. The van der Waals surface area contributed by atoms with E-state index < -0.39 is 6.10 Å². The summed E-state index contributed by atoms with van der Waals surface area (Å²) in [6.07, 6.45) is 3.69. The minimum absolute atomic E-state index is 0.179. The third-order valence-electron chi connectivity index (χ3n) is 5.88. The van der Waals surface area contributed by atoms with Crippen molar-refractivity contribution in [3.63, 3.8) is 0 Å². The molecule has 0 saturated carbocycles. The fraction of sp³-hybridized carbons (Fsp3) is 0.500. The summed E-state index contributed by atoms with van der Waals surface area (Å²) >= 11 is 0. The highest BCUT2D eigenvalue weighted by atomic mass is 16.5. The average molecular weight is 385 g/mol. The molecule has 1 aliphatic heterocycles. The predicted octanol–water partition coefficient (Wildman–Crippen LogP) is 2.28. The molecule has 2 aromatic carbocycles. The van der Waals surface area contributed by atoms with Crippen LogP contribution >= 0.6 is 0 Å². The fourth-order valence-corrected chi connectivity index (χ4v) is 4.37. The molecule has 2 aromatic rings. The van der Waals surface area contributed by atoms with Crippen LogP contribution in [-0.4, -0.2) is 48.7 Å². The molecule has 1 fully saturated rings. The standard InChI is InChI=1S/C24H33NO3/c1-19-9-5-6-13-23(19)24(20-10-3-2-4-11-20)28-18-22(27)17-25-15-8-7-12-21(25)14-16-26/h2-6,9-11,13,21-22,24,26-27H,7-8,12,14-18H2,1H3/p+1/t21-,22-,24+/m1/s1. The molecular formula is C24H34NO3+. The second-order valence-corrected chi connectivity index (χ2v) is 7.95. The molecule has 0 radical (unpaired) electrons. The van der Waals surface area contributed by atoms with E-state index in [9.17, 15) is 10.2 Å². The van der Waals surface area contributed by atoms with E-state index in [1.807, 2.05) is 30.3 Å². The molecule has 0 aliphatic carbocycles. The second-order valence-electron chi connectivity index (χ2n) is 7.95. The molecule has 28 heavy (non-hydrogen) atoms. The minimum Gasteiger partial charge on any atom is -0.396 e. The molecule has 152 valence electrons. The molecule has 0 aromatic heterocycles. The zero-order chi connectivity index (χ0) is 19.8. The first-order valence-corrected chi connectivity index (χ1v) is 10.5.